The van der Waals surface area contributed by atoms with Crippen LogP contribution in [0.25, 0.3) is 0 Å². The number of carbonyl (C=O) groups excluding carboxylic acids is 5. The third-order valence-electron chi connectivity index (χ3n) is 19.6. The number of unbranched alkanes of at least 4 members (excludes halogenated alkanes) is 5. The number of carboxylic acid groups (broad SMARTS) is 2. The van der Waals surface area contributed by atoms with Gasteiger partial charge in [-0.25, -0.2) is 4.79 Å². The van der Waals surface area contributed by atoms with Gasteiger partial charge in [0.25, 0.3) is 0 Å². The maximum absolute atomic E-state index is 14.0. The topological polar surface area (TPSA) is 298 Å². The van der Waals surface area contributed by atoms with Gasteiger partial charge in [-0.05, 0) is 118 Å². The Hall–Kier alpha value is -4.31. The number of fused-ring (bicyclic) bond motifs is 1. The van der Waals surface area contributed by atoms with Gasteiger partial charge in [-0.2, -0.15) is 0 Å². The summed E-state index contributed by atoms with van der Waals surface area (Å²) in [4.78, 5) is 91.4. The highest BCUT2D eigenvalue weighted by Crippen LogP contribution is 2.65. The van der Waals surface area contributed by atoms with Crippen LogP contribution in [0.1, 0.15) is 185 Å². The molecular weight excluding hydrogens is 1220 g/mol. The van der Waals surface area contributed by atoms with E-state index in [1.807, 2.05) is 4.90 Å². The molecule has 0 aromatic heterocycles. The van der Waals surface area contributed by atoms with Crippen molar-refractivity contribution in [3.8, 4) is 0 Å². The zero-order valence-corrected chi connectivity index (χ0v) is 60.4. The van der Waals surface area contributed by atoms with E-state index in [0.29, 0.717) is 149 Å². The number of ether oxygens (including phenoxy) is 7. The fourth-order valence-corrected chi connectivity index (χ4v) is 14.7. The Labute approximate surface area is 570 Å². The van der Waals surface area contributed by atoms with Crippen molar-refractivity contribution < 1.29 is 76.9 Å². The maximum Gasteiger partial charge on any atom is 0.317 e. The van der Waals surface area contributed by atoms with E-state index in [4.69, 9.17) is 33.2 Å². The zero-order valence-electron chi connectivity index (χ0n) is 60.4. The van der Waals surface area contributed by atoms with Crippen molar-refractivity contribution in [3.63, 3.8) is 0 Å². The van der Waals surface area contributed by atoms with E-state index in [9.17, 15) is 43.8 Å². The van der Waals surface area contributed by atoms with Crippen LogP contribution in [-0.2, 0) is 61.9 Å². The molecule has 0 bridgehead atoms. The highest BCUT2D eigenvalue weighted by Gasteiger charge is 2.63. The third-order valence-corrected chi connectivity index (χ3v) is 19.6. The molecule has 3 rings (SSSR count). The molecule has 25 nitrogen and oxygen atoms in total. The van der Waals surface area contributed by atoms with Crippen molar-refractivity contribution in [1.29, 1.82) is 0 Å². The summed E-state index contributed by atoms with van der Waals surface area (Å²) < 4.78 is 43.4. The summed E-state index contributed by atoms with van der Waals surface area (Å²) >= 11 is 0. The summed E-state index contributed by atoms with van der Waals surface area (Å²) in [7, 11) is 0. The molecule has 0 spiro atoms. The van der Waals surface area contributed by atoms with E-state index >= 15 is 0 Å². The molecule has 25 heteroatoms. The SMILES string of the molecule is CCCCCCCCN(CCC[C@@H](C)[C@H]1CC[C@H]2C(C(CC)OCCCNC(C)=O)[C@@H](C(C)(C)CC[C@H](CC)OCCCNC(C)=O)C[C@H](OCCCNC(C)=O)[C@]12C)C(=O)NCCOCCOCCOCCOCCNC(=O)CN1CCN(CC(=O)O)CN(CC(=O)O)C1. The Morgan fingerprint density at radius 3 is 1.64 bits per heavy atom. The number of rotatable bonds is 55. The molecule has 9 atom stereocenters. The number of nitrogens with one attached hydrogen (secondary N) is 5. The van der Waals surface area contributed by atoms with Gasteiger partial charge in [0, 0.05) is 105 Å². The molecule has 0 aromatic carbocycles. The van der Waals surface area contributed by atoms with Crippen LogP contribution in [0.15, 0.2) is 0 Å². The van der Waals surface area contributed by atoms with Crippen LogP contribution in [0, 0.1) is 40.4 Å². The standard InChI is InChI=1S/C70H131N9O16/c1-11-14-15-16-17-18-33-79(68(88)75-32-41-90-43-45-92-47-46-91-44-42-89-40-31-74-64(83)49-76-35-36-77(50-65(84)85)53-78(52-76)51-66(86)87)34-19-23-54(4)59-24-25-60-67(62(13-3)94-38-21-29-72-56(6)81)61(48-63(70(59,60)10)95-39-22-30-73-57(7)82)69(8,9)27-26-58(12-2)93-37-20-28-71-55(5)80/h54,58-63,67H,11-53H2,1-10H3,(H,71,80)(H,72,81)(H,73,82)(H,74,83)(H,75,88)(H,84,85)(H,86,87)/t54-,58+,59-,60+,61+,62?,63+,67?,70-/m1/s1. The molecule has 2 unspecified atom stereocenters. The van der Waals surface area contributed by atoms with Crippen LogP contribution in [0.2, 0.25) is 0 Å². The predicted molar refractivity (Wildman–Crippen MR) is 367 cm³/mol. The molecule has 7 N–H and O–H groups in total. The van der Waals surface area contributed by atoms with Crippen molar-refractivity contribution in [2.75, 3.05) is 165 Å². The van der Waals surface area contributed by atoms with Gasteiger partial charge in [-0.3, -0.25) is 43.5 Å². The summed E-state index contributed by atoms with van der Waals surface area (Å²) in [6.45, 7) is 30.3. The molecular formula is C70H131N9O16. The molecule has 1 aliphatic heterocycles. The Kier molecular flexibility index (Phi) is 44.0. The predicted octanol–water partition coefficient (Wildman–Crippen LogP) is 6.99. The van der Waals surface area contributed by atoms with Crippen LogP contribution >= 0.6 is 0 Å². The van der Waals surface area contributed by atoms with Crippen molar-refractivity contribution in [2.45, 2.75) is 203 Å². The van der Waals surface area contributed by atoms with Gasteiger partial charge in [0.05, 0.1) is 104 Å². The number of hydrogen-bond acceptors (Lipinski definition) is 17. The molecule has 2 saturated carbocycles. The Morgan fingerprint density at radius 1 is 0.568 bits per heavy atom. The fourth-order valence-electron chi connectivity index (χ4n) is 14.7. The lowest BCUT2D eigenvalue weighted by Crippen LogP contribution is -2.58. The molecule has 1 heterocycles. The van der Waals surface area contributed by atoms with E-state index in [2.05, 4.69) is 75.1 Å². The van der Waals surface area contributed by atoms with Gasteiger partial charge >= 0.3 is 18.0 Å². The highest BCUT2D eigenvalue weighted by molar-refractivity contribution is 5.78. The fraction of sp³-hybridized carbons (Fsp3) is 0.900. The normalized spacial score (nSPS) is 21.3. The lowest BCUT2D eigenvalue weighted by molar-refractivity contribution is -0.185. The molecule has 3 aliphatic rings. The third kappa shape index (κ3) is 34.8. The first-order valence-electron chi connectivity index (χ1n) is 36.3. The van der Waals surface area contributed by atoms with Crippen molar-refractivity contribution >= 4 is 41.6 Å². The van der Waals surface area contributed by atoms with E-state index in [1.165, 1.54) is 19.3 Å². The first-order chi connectivity index (χ1) is 45.5. The molecule has 1 saturated heterocycles. The zero-order chi connectivity index (χ0) is 69.9. The van der Waals surface area contributed by atoms with Crippen LogP contribution in [0.5, 0.6) is 0 Å². The number of nitrogens with zero attached hydrogens (tertiary/aromatic N) is 4. The monoisotopic (exact) mass is 1350 g/mol. The van der Waals surface area contributed by atoms with E-state index in [-0.39, 0.29) is 104 Å². The number of hydrogen-bond donors (Lipinski definition) is 7. The van der Waals surface area contributed by atoms with Gasteiger partial charge in [0.15, 0.2) is 0 Å². The Bertz CT molecular complexity index is 2150. The van der Waals surface area contributed by atoms with Gasteiger partial charge in [-0.1, -0.05) is 80.6 Å². The first-order valence-corrected chi connectivity index (χ1v) is 36.3. The van der Waals surface area contributed by atoms with E-state index in [0.717, 1.165) is 96.3 Å². The minimum Gasteiger partial charge on any atom is -0.480 e. The van der Waals surface area contributed by atoms with Gasteiger partial charge in [-0.15, -0.1) is 0 Å². The molecule has 0 radical (unpaired) electrons. The number of carbonyl (C=O) groups is 7. The summed E-state index contributed by atoms with van der Waals surface area (Å²) in [6, 6.07) is -0.0626. The minimum absolute atomic E-state index is 0.00118. The molecule has 3 fully saturated rings. The van der Waals surface area contributed by atoms with Gasteiger partial charge in [0.2, 0.25) is 23.6 Å². The second-order valence-corrected chi connectivity index (χ2v) is 27.6. The molecule has 6 amide bonds. The second kappa shape index (κ2) is 49.2. The largest absolute Gasteiger partial charge is 0.480 e. The summed E-state index contributed by atoms with van der Waals surface area (Å²) in [5.74, 6) is -0.691. The lowest BCUT2D eigenvalue weighted by atomic mass is 9.49. The van der Waals surface area contributed by atoms with E-state index < -0.39 is 11.9 Å². The lowest BCUT2D eigenvalue weighted by Gasteiger charge is -2.59. The first kappa shape index (κ1) is 84.9. The van der Waals surface area contributed by atoms with Crippen LogP contribution < -0.4 is 26.6 Å². The highest BCUT2D eigenvalue weighted by atomic mass is 16.6. The number of carboxylic acids is 2. The Balaban J connectivity index is 1.56. The summed E-state index contributed by atoms with van der Waals surface area (Å²) in [5, 5.41) is 33.3. The number of urea groups is 1. The summed E-state index contributed by atoms with van der Waals surface area (Å²) in [5.41, 5.74) is -0.224. The summed E-state index contributed by atoms with van der Waals surface area (Å²) in [6.07, 6.45) is 17.9. The molecule has 95 heavy (non-hydrogen) atoms. The van der Waals surface area contributed by atoms with Crippen molar-refractivity contribution in [1.82, 2.24) is 46.2 Å². The smallest absolute Gasteiger partial charge is 0.317 e. The van der Waals surface area contributed by atoms with Crippen molar-refractivity contribution in [2.24, 2.45) is 40.4 Å². The van der Waals surface area contributed by atoms with Gasteiger partial charge < -0.3 is 74.9 Å². The average molecular weight is 1350 g/mol. The van der Waals surface area contributed by atoms with Crippen LogP contribution in [0.4, 0.5) is 4.79 Å². The number of amides is 6. The number of aliphatic carboxylic acids is 2. The van der Waals surface area contributed by atoms with Crippen LogP contribution in [-0.4, -0.2) is 254 Å². The van der Waals surface area contributed by atoms with Crippen LogP contribution in [0.3, 0.4) is 0 Å². The molecule has 2 aliphatic carbocycles. The molecule has 552 valence electrons. The Morgan fingerprint density at radius 2 is 1.08 bits per heavy atom. The quantitative estimate of drug-likeness (QED) is 0.0302. The maximum atomic E-state index is 14.0. The second-order valence-electron chi connectivity index (χ2n) is 27.6. The average Bonchev–Trinajstić information content (AvgIpc) is 1.64. The minimum atomic E-state index is -1.03. The van der Waals surface area contributed by atoms with Crippen molar-refractivity contribution in [3.05, 3.63) is 0 Å². The molecule has 0 aromatic rings. The van der Waals surface area contributed by atoms with Gasteiger partial charge in [0.1, 0.15) is 0 Å². The van der Waals surface area contributed by atoms with E-state index in [1.54, 1.807) is 35.5 Å².